The Kier molecular flexibility index (Phi) is 4.20. The number of rotatable bonds is 5. The van der Waals surface area contributed by atoms with Crippen molar-refractivity contribution in [3.8, 4) is 0 Å². The zero-order valence-electron chi connectivity index (χ0n) is 7.65. The molecule has 0 spiro atoms. The quantitative estimate of drug-likeness (QED) is 0.659. The molecule has 1 aromatic heterocycles. The Morgan fingerprint density at radius 1 is 1.62 bits per heavy atom. The Bertz CT molecular complexity index is 254. The van der Waals surface area contributed by atoms with Crippen LogP contribution in [0.5, 0.6) is 0 Å². The van der Waals surface area contributed by atoms with Gasteiger partial charge in [-0.25, -0.2) is 0 Å². The maximum Gasteiger partial charge on any atom is 0.276 e. The molecule has 0 aliphatic heterocycles. The van der Waals surface area contributed by atoms with Crippen LogP contribution in [0.25, 0.3) is 0 Å². The van der Waals surface area contributed by atoms with Crippen LogP contribution < -0.4 is 5.32 Å². The molecule has 0 bridgehead atoms. The minimum absolute atomic E-state index is 0.387. The lowest BCUT2D eigenvalue weighted by Gasteiger charge is -2.06. The van der Waals surface area contributed by atoms with Gasteiger partial charge in [-0.2, -0.15) is 0 Å². The molecule has 0 saturated heterocycles. The average molecular weight is 203 g/mol. The molecule has 5 nitrogen and oxygen atoms in total. The molecule has 0 aliphatic rings. The third-order valence-corrected chi connectivity index (χ3v) is 2.31. The fourth-order valence-corrected chi connectivity index (χ4v) is 1.53. The van der Waals surface area contributed by atoms with Crippen LogP contribution in [0, 0.1) is 6.92 Å². The molecule has 13 heavy (non-hydrogen) atoms. The highest BCUT2D eigenvalue weighted by molar-refractivity contribution is 7.99. The summed E-state index contributed by atoms with van der Waals surface area (Å²) in [5.41, 5.74) is 0. The molecule has 1 aromatic rings. The first-order valence-electron chi connectivity index (χ1n) is 3.98. The highest BCUT2D eigenvalue weighted by atomic mass is 32.2. The van der Waals surface area contributed by atoms with E-state index in [4.69, 9.17) is 4.42 Å². The van der Waals surface area contributed by atoms with Crippen LogP contribution in [0.4, 0.5) is 0 Å². The van der Waals surface area contributed by atoms with Crippen LogP contribution in [-0.2, 0) is 0 Å². The van der Waals surface area contributed by atoms with Crippen LogP contribution >= 0.6 is 11.8 Å². The van der Waals surface area contributed by atoms with Crippen molar-refractivity contribution >= 4 is 11.8 Å². The van der Waals surface area contributed by atoms with Gasteiger partial charge in [0.1, 0.15) is 0 Å². The highest BCUT2D eigenvalue weighted by Gasteiger charge is 2.07. The number of hydrogen-bond acceptors (Lipinski definition) is 6. The minimum Gasteiger partial charge on any atom is -0.416 e. The van der Waals surface area contributed by atoms with Gasteiger partial charge in [-0.15, -0.1) is 10.2 Å². The van der Waals surface area contributed by atoms with Gasteiger partial charge in [-0.05, 0) is 7.05 Å². The number of aryl methyl sites for hydroxylation is 1. The second kappa shape index (κ2) is 5.21. The minimum atomic E-state index is -0.387. The van der Waals surface area contributed by atoms with Gasteiger partial charge in [0, 0.05) is 19.2 Å². The molecule has 0 radical (unpaired) electrons. The number of nitrogens with zero attached hydrogens (tertiary/aromatic N) is 2. The van der Waals surface area contributed by atoms with E-state index in [2.05, 4.69) is 15.5 Å². The molecule has 0 aliphatic carbocycles. The van der Waals surface area contributed by atoms with Crippen LogP contribution in [0.3, 0.4) is 0 Å². The van der Waals surface area contributed by atoms with Crippen molar-refractivity contribution in [1.82, 2.24) is 15.5 Å². The summed E-state index contributed by atoms with van der Waals surface area (Å²) in [4.78, 5) is 0. The van der Waals surface area contributed by atoms with Gasteiger partial charge in [0.05, 0.1) is 6.10 Å². The molecule has 6 heteroatoms. The van der Waals surface area contributed by atoms with Gasteiger partial charge in [0.25, 0.3) is 5.22 Å². The molecular weight excluding hydrogens is 190 g/mol. The fraction of sp³-hybridized carbons (Fsp3) is 0.714. The first-order chi connectivity index (χ1) is 6.22. The normalized spacial score (nSPS) is 13.2. The molecule has 1 rings (SSSR count). The van der Waals surface area contributed by atoms with E-state index in [1.807, 2.05) is 0 Å². The zero-order valence-corrected chi connectivity index (χ0v) is 8.47. The Morgan fingerprint density at radius 3 is 2.92 bits per heavy atom. The maximum atomic E-state index is 9.34. The third-order valence-electron chi connectivity index (χ3n) is 1.35. The summed E-state index contributed by atoms with van der Waals surface area (Å²) >= 11 is 1.36. The van der Waals surface area contributed by atoms with Crippen molar-refractivity contribution in [3.63, 3.8) is 0 Å². The van der Waals surface area contributed by atoms with E-state index in [-0.39, 0.29) is 6.10 Å². The average Bonchev–Trinajstić information content (AvgIpc) is 2.49. The van der Waals surface area contributed by atoms with E-state index >= 15 is 0 Å². The van der Waals surface area contributed by atoms with Gasteiger partial charge in [0.2, 0.25) is 5.89 Å². The molecule has 1 unspecified atom stereocenters. The van der Waals surface area contributed by atoms with Crippen molar-refractivity contribution in [2.75, 3.05) is 19.3 Å². The largest absolute Gasteiger partial charge is 0.416 e. The number of thioether (sulfide) groups is 1. The van der Waals surface area contributed by atoms with Crippen LogP contribution in [0.1, 0.15) is 5.89 Å². The summed E-state index contributed by atoms with van der Waals surface area (Å²) in [6, 6.07) is 0. The van der Waals surface area contributed by atoms with E-state index < -0.39 is 0 Å². The Balaban J connectivity index is 2.26. The van der Waals surface area contributed by atoms with E-state index in [1.54, 1.807) is 14.0 Å². The predicted molar refractivity (Wildman–Crippen MR) is 49.7 cm³/mol. The van der Waals surface area contributed by atoms with E-state index in [0.29, 0.717) is 23.4 Å². The molecule has 74 valence electrons. The fourth-order valence-electron chi connectivity index (χ4n) is 0.799. The second-order valence-electron chi connectivity index (χ2n) is 2.61. The first-order valence-corrected chi connectivity index (χ1v) is 4.96. The lowest BCUT2D eigenvalue weighted by molar-refractivity contribution is 0.198. The molecule has 1 atom stereocenters. The molecule has 0 saturated carbocycles. The summed E-state index contributed by atoms with van der Waals surface area (Å²) in [6.45, 7) is 2.31. The summed E-state index contributed by atoms with van der Waals surface area (Å²) < 4.78 is 5.12. The van der Waals surface area contributed by atoms with Crippen molar-refractivity contribution < 1.29 is 9.52 Å². The van der Waals surface area contributed by atoms with Crippen LogP contribution in [0.2, 0.25) is 0 Å². The monoisotopic (exact) mass is 203 g/mol. The SMILES string of the molecule is CNCC(O)CSc1nnc(C)o1. The highest BCUT2D eigenvalue weighted by Crippen LogP contribution is 2.16. The molecule has 1 heterocycles. The van der Waals surface area contributed by atoms with Gasteiger partial charge in [-0.1, -0.05) is 11.8 Å². The maximum absolute atomic E-state index is 9.34. The van der Waals surface area contributed by atoms with Gasteiger partial charge in [-0.3, -0.25) is 0 Å². The first kappa shape index (κ1) is 10.5. The Morgan fingerprint density at radius 2 is 2.38 bits per heavy atom. The van der Waals surface area contributed by atoms with E-state index in [9.17, 15) is 5.11 Å². The van der Waals surface area contributed by atoms with E-state index in [1.165, 1.54) is 11.8 Å². The van der Waals surface area contributed by atoms with E-state index in [0.717, 1.165) is 0 Å². The van der Waals surface area contributed by atoms with Crippen molar-refractivity contribution in [3.05, 3.63) is 5.89 Å². The lowest BCUT2D eigenvalue weighted by Crippen LogP contribution is -2.25. The number of nitrogens with one attached hydrogen (secondary N) is 1. The lowest BCUT2D eigenvalue weighted by atomic mass is 10.4. The van der Waals surface area contributed by atoms with Crippen molar-refractivity contribution in [1.29, 1.82) is 0 Å². The number of likely N-dealkylation sites (N-methyl/N-ethyl adjacent to an activating group) is 1. The van der Waals surface area contributed by atoms with Crippen LogP contribution in [-0.4, -0.2) is 40.8 Å². The van der Waals surface area contributed by atoms with Gasteiger partial charge in [0.15, 0.2) is 0 Å². The number of hydrogen-bond donors (Lipinski definition) is 2. The van der Waals surface area contributed by atoms with Gasteiger partial charge < -0.3 is 14.8 Å². The topological polar surface area (TPSA) is 71.2 Å². The standard InChI is InChI=1S/C7H13N3O2S/c1-5-9-10-7(12-5)13-4-6(11)3-8-2/h6,8,11H,3-4H2,1-2H3. The van der Waals surface area contributed by atoms with Gasteiger partial charge >= 0.3 is 0 Å². The number of aromatic nitrogens is 2. The predicted octanol–water partition coefficient (Wildman–Crippen LogP) is 0.0504. The summed E-state index contributed by atoms with van der Waals surface area (Å²) in [5.74, 6) is 1.10. The smallest absolute Gasteiger partial charge is 0.276 e. The van der Waals surface area contributed by atoms with Crippen molar-refractivity contribution in [2.45, 2.75) is 18.3 Å². The molecule has 0 aromatic carbocycles. The Labute approximate surface area is 80.9 Å². The number of aliphatic hydroxyl groups excluding tert-OH is 1. The summed E-state index contributed by atoms with van der Waals surface area (Å²) in [6.07, 6.45) is -0.387. The zero-order chi connectivity index (χ0) is 9.68. The summed E-state index contributed by atoms with van der Waals surface area (Å²) in [7, 11) is 1.80. The number of aliphatic hydroxyl groups is 1. The molecule has 0 fully saturated rings. The summed E-state index contributed by atoms with van der Waals surface area (Å²) in [5, 5.41) is 20.2. The second-order valence-corrected chi connectivity index (χ2v) is 3.58. The Hall–Kier alpha value is -0.590. The third kappa shape index (κ3) is 3.75. The molecule has 0 amide bonds. The molecular formula is C7H13N3O2S. The van der Waals surface area contributed by atoms with Crippen molar-refractivity contribution in [2.24, 2.45) is 0 Å². The van der Waals surface area contributed by atoms with Crippen LogP contribution in [0.15, 0.2) is 9.64 Å². The molecule has 2 N–H and O–H groups in total.